The Morgan fingerprint density at radius 1 is 1.10 bits per heavy atom. The van der Waals surface area contributed by atoms with Crippen LogP contribution in [-0.2, 0) is 20.6 Å². The van der Waals surface area contributed by atoms with Crippen molar-refractivity contribution in [2.24, 2.45) is 0 Å². The van der Waals surface area contributed by atoms with E-state index in [1.165, 1.54) is 18.2 Å². The van der Waals surface area contributed by atoms with Crippen LogP contribution >= 0.6 is 11.8 Å². The number of ether oxygens (including phenoxy) is 1. The molecule has 0 aliphatic heterocycles. The summed E-state index contributed by atoms with van der Waals surface area (Å²) >= 11 is 1.81. The summed E-state index contributed by atoms with van der Waals surface area (Å²) in [6.45, 7) is 4.15. The molecule has 0 fully saturated rings. The second kappa shape index (κ2) is 11.3. The van der Waals surface area contributed by atoms with Gasteiger partial charge in [0.25, 0.3) is 0 Å². The minimum atomic E-state index is -3.65. The van der Waals surface area contributed by atoms with Gasteiger partial charge in [0.15, 0.2) is 0 Å². The van der Waals surface area contributed by atoms with Gasteiger partial charge in [0.2, 0.25) is 15.9 Å². The average Bonchev–Trinajstić information content (AvgIpc) is 2.69. The van der Waals surface area contributed by atoms with Crippen molar-refractivity contribution in [1.29, 1.82) is 0 Å². The lowest BCUT2D eigenvalue weighted by Crippen LogP contribution is -2.40. The van der Waals surface area contributed by atoms with Crippen molar-refractivity contribution < 1.29 is 17.9 Å². The number of carbonyl (C=O) groups excluding carboxylic acids is 1. The number of aryl methyl sites for hydroxylation is 2. The fraction of sp³-hybridized carbons (Fsp3) is 0.409. The number of nitrogens with one attached hydrogen (secondary N) is 1. The molecule has 30 heavy (non-hydrogen) atoms. The minimum absolute atomic E-state index is 0.283. The number of anilines is 1. The van der Waals surface area contributed by atoms with Crippen molar-refractivity contribution in [3.05, 3.63) is 59.2 Å². The monoisotopic (exact) mass is 450 g/mol. The molecule has 0 bridgehead atoms. The zero-order valence-electron chi connectivity index (χ0n) is 18.0. The molecule has 0 unspecified atom stereocenters. The Morgan fingerprint density at radius 3 is 2.40 bits per heavy atom. The highest BCUT2D eigenvalue weighted by molar-refractivity contribution is 7.98. The predicted molar refractivity (Wildman–Crippen MR) is 125 cm³/mol. The Labute approximate surface area is 184 Å². The number of sulfonamides is 1. The summed E-state index contributed by atoms with van der Waals surface area (Å²) < 4.78 is 31.0. The van der Waals surface area contributed by atoms with Gasteiger partial charge in [0.05, 0.1) is 19.1 Å². The lowest BCUT2D eigenvalue weighted by Gasteiger charge is -2.24. The fourth-order valence-electron chi connectivity index (χ4n) is 2.84. The third-order valence-electron chi connectivity index (χ3n) is 4.47. The second-order valence-corrected chi connectivity index (χ2v) is 10.2. The number of benzene rings is 2. The van der Waals surface area contributed by atoms with Gasteiger partial charge in [-0.1, -0.05) is 35.9 Å². The maximum atomic E-state index is 12.4. The smallest absolute Gasteiger partial charge is 0.240 e. The van der Waals surface area contributed by atoms with Crippen molar-refractivity contribution in [2.45, 2.75) is 26.0 Å². The number of hydrogen-bond acceptors (Lipinski definition) is 5. The number of hydrogen-bond donors (Lipinski definition) is 1. The first-order valence-electron chi connectivity index (χ1n) is 9.73. The van der Waals surface area contributed by atoms with Crippen LogP contribution in [0.4, 0.5) is 5.69 Å². The fourth-order valence-corrected chi connectivity index (χ4v) is 4.61. The molecule has 2 aromatic carbocycles. The second-order valence-electron chi connectivity index (χ2n) is 7.19. The molecular weight excluding hydrogens is 420 g/mol. The molecular formula is C22H30N2O4S2. The standard InChI is InChI=1S/C22H30N2O4S2/c1-17-6-9-19(10-7-17)16-29-13-5-12-23-22(25)15-24(30(4,26)27)20-14-18(2)8-11-21(20)28-3/h6-11,14H,5,12-13,15-16H2,1-4H3,(H,23,25). The first-order chi connectivity index (χ1) is 14.2. The van der Waals surface area contributed by atoms with Gasteiger partial charge in [-0.15, -0.1) is 0 Å². The van der Waals surface area contributed by atoms with Gasteiger partial charge in [-0.2, -0.15) is 11.8 Å². The Kier molecular flexibility index (Phi) is 9.05. The van der Waals surface area contributed by atoms with E-state index in [0.29, 0.717) is 18.0 Å². The highest BCUT2D eigenvalue weighted by Gasteiger charge is 2.24. The van der Waals surface area contributed by atoms with E-state index < -0.39 is 10.0 Å². The molecule has 1 N–H and O–H groups in total. The van der Waals surface area contributed by atoms with E-state index in [4.69, 9.17) is 4.74 Å². The van der Waals surface area contributed by atoms with Gasteiger partial charge >= 0.3 is 0 Å². The minimum Gasteiger partial charge on any atom is -0.495 e. The molecule has 0 saturated carbocycles. The Balaban J connectivity index is 1.84. The summed E-state index contributed by atoms with van der Waals surface area (Å²) in [5.41, 5.74) is 3.78. The van der Waals surface area contributed by atoms with E-state index >= 15 is 0 Å². The highest BCUT2D eigenvalue weighted by atomic mass is 32.2. The molecule has 1 amide bonds. The van der Waals surface area contributed by atoms with Crippen LogP contribution in [0.3, 0.4) is 0 Å². The zero-order chi connectivity index (χ0) is 22.1. The van der Waals surface area contributed by atoms with Crippen LogP contribution in [0.5, 0.6) is 5.75 Å². The van der Waals surface area contributed by atoms with Crippen molar-refractivity contribution in [3.8, 4) is 5.75 Å². The molecule has 6 nitrogen and oxygen atoms in total. The Bertz CT molecular complexity index is 944. The van der Waals surface area contributed by atoms with Gasteiger partial charge < -0.3 is 10.1 Å². The lowest BCUT2D eigenvalue weighted by molar-refractivity contribution is -0.119. The van der Waals surface area contributed by atoms with E-state index in [-0.39, 0.29) is 12.5 Å². The number of methoxy groups -OCH3 is 1. The number of nitrogens with zero attached hydrogens (tertiary/aromatic N) is 1. The molecule has 2 rings (SSSR count). The van der Waals surface area contributed by atoms with Crippen molar-refractivity contribution in [1.82, 2.24) is 5.32 Å². The molecule has 0 spiro atoms. The summed E-state index contributed by atoms with van der Waals surface area (Å²) in [7, 11) is -2.17. The van der Waals surface area contributed by atoms with Gasteiger partial charge in [-0.25, -0.2) is 8.42 Å². The number of rotatable bonds is 11. The summed E-state index contributed by atoms with van der Waals surface area (Å²) in [6.07, 6.45) is 1.90. The number of thioether (sulfide) groups is 1. The van der Waals surface area contributed by atoms with E-state index in [1.807, 2.05) is 24.8 Å². The molecule has 0 saturated heterocycles. The molecule has 2 aromatic rings. The van der Waals surface area contributed by atoms with Gasteiger partial charge in [0.1, 0.15) is 12.3 Å². The first-order valence-corrected chi connectivity index (χ1v) is 12.7. The van der Waals surface area contributed by atoms with Crippen molar-refractivity contribution in [2.75, 3.05) is 36.5 Å². The van der Waals surface area contributed by atoms with Crippen LogP contribution < -0.4 is 14.4 Å². The summed E-state index contributed by atoms with van der Waals surface area (Å²) in [5.74, 6) is 1.91. The van der Waals surface area contributed by atoms with Crippen LogP contribution in [0.15, 0.2) is 42.5 Å². The van der Waals surface area contributed by atoms with E-state index in [2.05, 4.69) is 36.5 Å². The van der Waals surface area contributed by atoms with E-state index in [1.54, 1.807) is 12.1 Å². The van der Waals surface area contributed by atoms with E-state index in [0.717, 1.165) is 34.1 Å². The summed E-state index contributed by atoms with van der Waals surface area (Å²) in [6, 6.07) is 13.7. The van der Waals surface area contributed by atoms with Crippen LogP contribution in [0.2, 0.25) is 0 Å². The third-order valence-corrected chi connectivity index (χ3v) is 6.71. The molecule has 0 atom stereocenters. The molecule has 0 heterocycles. The molecule has 0 aliphatic carbocycles. The van der Waals surface area contributed by atoms with Crippen LogP contribution in [0.25, 0.3) is 0 Å². The van der Waals surface area contributed by atoms with Crippen molar-refractivity contribution in [3.63, 3.8) is 0 Å². The topological polar surface area (TPSA) is 75.7 Å². The average molecular weight is 451 g/mol. The number of amides is 1. The quantitative estimate of drug-likeness (QED) is 0.530. The van der Waals surface area contributed by atoms with Gasteiger partial charge in [0, 0.05) is 12.3 Å². The summed E-state index contributed by atoms with van der Waals surface area (Å²) in [5, 5.41) is 2.81. The molecule has 0 aliphatic rings. The van der Waals surface area contributed by atoms with Gasteiger partial charge in [-0.05, 0) is 49.3 Å². The Hall–Kier alpha value is -2.19. The maximum Gasteiger partial charge on any atom is 0.240 e. The van der Waals surface area contributed by atoms with Crippen molar-refractivity contribution >= 4 is 33.4 Å². The molecule has 164 valence electrons. The molecule has 8 heteroatoms. The van der Waals surface area contributed by atoms with Gasteiger partial charge in [-0.3, -0.25) is 9.10 Å². The first kappa shape index (κ1) is 24.1. The maximum absolute atomic E-state index is 12.4. The van der Waals surface area contributed by atoms with Crippen LogP contribution in [-0.4, -0.2) is 46.5 Å². The summed E-state index contributed by atoms with van der Waals surface area (Å²) in [4.78, 5) is 12.4. The van der Waals surface area contributed by atoms with Crippen LogP contribution in [0.1, 0.15) is 23.1 Å². The van der Waals surface area contributed by atoms with Crippen LogP contribution in [0, 0.1) is 13.8 Å². The predicted octanol–water partition coefficient (Wildman–Crippen LogP) is 3.52. The van der Waals surface area contributed by atoms with E-state index in [9.17, 15) is 13.2 Å². The highest BCUT2D eigenvalue weighted by Crippen LogP contribution is 2.30. The SMILES string of the molecule is COc1ccc(C)cc1N(CC(=O)NCCCSCc1ccc(C)cc1)S(C)(=O)=O. The zero-order valence-corrected chi connectivity index (χ0v) is 19.6. The molecule has 0 aromatic heterocycles. The molecule has 0 radical (unpaired) electrons. The number of carbonyl (C=O) groups is 1. The normalized spacial score (nSPS) is 11.2. The largest absolute Gasteiger partial charge is 0.495 e. The third kappa shape index (κ3) is 7.57. The lowest BCUT2D eigenvalue weighted by atomic mass is 10.2. The Morgan fingerprint density at radius 2 is 1.77 bits per heavy atom.